The molecule has 0 aliphatic carbocycles. The second kappa shape index (κ2) is 4.07. The van der Waals surface area contributed by atoms with Crippen molar-refractivity contribution in [2.45, 2.75) is 19.4 Å². The summed E-state index contributed by atoms with van der Waals surface area (Å²) in [6.45, 7) is 3.25. The summed E-state index contributed by atoms with van der Waals surface area (Å²) in [6.07, 6.45) is 0.935. The molecule has 3 nitrogen and oxygen atoms in total. The highest BCUT2D eigenvalue weighted by atomic mass is 79.9. The third kappa shape index (κ3) is 1.77. The van der Waals surface area contributed by atoms with Gasteiger partial charge in [0.25, 0.3) is 0 Å². The third-order valence-electron chi connectivity index (χ3n) is 3.15. The molecular formula is C12H12BrFN2O. The maximum Gasteiger partial charge on any atom is 0.135 e. The van der Waals surface area contributed by atoms with Gasteiger partial charge in [-0.25, -0.2) is 4.39 Å². The fraction of sp³-hybridized carbons (Fsp3) is 0.417. The van der Waals surface area contributed by atoms with E-state index in [4.69, 9.17) is 4.74 Å². The van der Waals surface area contributed by atoms with Crippen molar-refractivity contribution in [2.24, 2.45) is 0 Å². The van der Waals surface area contributed by atoms with Gasteiger partial charge in [-0.15, -0.1) is 0 Å². The van der Waals surface area contributed by atoms with Crippen LogP contribution in [-0.2, 0) is 4.74 Å². The molecule has 3 rings (SSSR count). The average Bonchev–Trinajstić information content (AvgIpc) is 2.85. The summed E-state index contributed by atoms with van der Waals surface area (Å²) in [4.78, 5) is 0. The Hall–Kier alpha value is -0.940. The molecule has 2 heterocycles. The second-order valence-corrected chi connectivity index (χ2v) is 5.24. The monoisotopic (exact) mass is 298 g/mol. The van der Waals surface area contributed by atoms with Crippen LogP contribution in [0.3, 0.4) is 0 Å². The predicted octanol–water partition coefficient (Wildman–Crippen LogP) is 3.21. The van der Waals surface area contributed by atoms with Crippen LogP contribution in [0.2, 0.25) is 0 Å². The maximum absolute atomic E-state index is 13.9. The van der Waals surface area contributed by atoms with E-state index >= 15 is 0 Å². The Morgan fingerprint density at radius 2 is 2.35 bits per heavy atom. The number of aromatic nitrogens is 2. The van der Waals surface area contributed by atoms with Gasteiger partial charge in [-0.05, 0) is 25.5 Å². The van der Waals surface area contributed by atoms with Crippen LogP contribution in [0.25, 0.3) is 10.9 Å². The Labute approximate surface area is 107 Å². The zero-order chi connectivity index (χ0) is 12.0. The Morgan fingerprint density at radius 3 is 3.06 bits per heavy atom. The summed E-state index contributed by atoms with van der Waals surface area (Å²) < 4.78 is 21.9. The van der Waals surface area contributed by atoms with E-state index in [0.29, 0.717) is 12.0 Å². The van der Waals surface area contributed by atoms with Crippen LogP contribution in [0.4, 0.5) is 4.39 Å². The van der Waals surface area contributed by atoms with Crippen molar-refractivity contribution in [1.82, 2.24) is 9.78 Å². The van der Waals surface area contributed by atoms with E-state index in [1.807, 2.05) is 17.7 Å². The lowest BCUT2D eigenvalue weighted by Gasteiger charge is -2.09. The Balaban J connectivity index is 2.25. The summed E-state index contributed by atoms with van der Waals surface area (Å²) in [7, 11) is 0. The Morgan fingerprint density at radius 1 is 1.53 bits per heavy atom. The van der Waals surface area contributed by atoms with Gasteiger partial charge < -0.3 is 4.74 Å². The standard InChI is InChI=1S/C12H12BrFN2O/c1-7-12-10(14)4-8(13)5-11(12)16(15-7)9-2-3-17-6-9/h4-5,9H,2-3,6H2,1H3. The first kappa shape index (κ1) is 11.2. The molecule has 1 atom stereocenters. The van der Waals surface area contributed by atoms with Crippen LogP contribution in [-0.4, -0.2) is 23.0 Å². The topological polar surface area (TPSA) is 27.1 Å². The number of benzene rings is 1. The van der Waals surface area contributed by atoms with E-state index in [9.17, 15) is 4.39 Å². The summed E-state index contributed by atoms with van der Waals surface area (Å²) in [5, 5.41) is 5.06. The van der Waals surface area contributed by atoms with Crippen LogP contribution in [0.5, 0.6) is 0 Å². The minimum absolute atomic E-state index is 0.222. The fourth-order valence-electron chi connectivity index (χ4n) is 2.36. The molecule has 1 saturated heterocycles. The molecule has 1 aliphatic rings. The van der Waals surface area contributed by atoms with E-state index in [1.165, 1.54) is 6.07 Å². The SMILES string of the molecule is Cc1nn(C2CCOC2)c2cc(Br)cc(F)c12. The molecule has 1 unspecified atom stereocenters. The molecule has 1 aliphatic heterocycles. The number of halogens is 2. The molecule has 0 radical (unpaired) electrons. The largest absolute Gasteiger partial charge is 0.379 e. The summed E-state index contributed by atoms with van der Waals surface area (Å²) in [5.41, 5.74) is 1.57. The smallest absolute Gasteiger partial charge is 0.135 e. The lowest BCUT2D eigenvalue weighted by molar-refractivity contribution is 0.185. The Kier molecular flexibility index (Phi) is 2.67. The molecule has 90 valence electrons. The number of aryl methyl sites for hydroxylation is 1. The zero-order valence-corrected chi connectivity index (χ0v) is 11.0. The summed E-state index contributed by atoms with van der Waals surface area (Å²) in [5.74, 6) is -0.225. The first-order valence-electron chi connectivity index (χ1n) is 5.58. The van der Waals surface area contributed by atoms with Gasteiger partial charge in [0.1, 0.15) is 5.82 Å². The van der Waals surface area contributed by atoms with Gasteiger partial charge in [0.15, 0.2) is 0 Å². The average molecular weight is 299 g/mol. The molecule has 5 heteroatoms. The van der Waals surface area contributed by atoms with Crippen molar-refractivity contribution in [3.8, 4) is 0 Å². The van der Waals surface area contributed by atoms with Gasteiger partial charge in [-0.1, -0.05) is 15.9 Å². The van der Waals surface area contributed by atoms with E-state index in [1.54, 1.807) is 0 Å². The van der Waals surface area contributed by atoms with Gasteiger partial charge in [-0.3, -0.25) is 4.68 Å². The molecule has 0 N–H and O–H groups in total. The van der Waals surface area contributed by atoms with Gasteiger partial charge in [0.05, 0.1) is 29.2 Å². The maximum atomic E-state index is 13.9. The molecule has 0 saturated carbocycles. The van der Waals surface area contributed by atoms with Gasteiger partial charge >= 0.3 is 0 Å². The Bertz CT molecular complexity index is 575. The molecule has 0 spiro atoms. The summed E-state index contributed by atoms with van der Waals surface area (Å²) >= 11 is 3.32. The highest BCUT2D eigenvalue weighted by molar-refractivity contribution is 9.10. The molecule has 17 heavy (non-hydrogen) atoms. The first-order chi connectivity index (χ1) is 8.16. The molecule has 1 aromatic heterocycles. The highest BCUT2D eigenvalue weighted by Crippen LogP contribution is 2.30. The van der Waals surface area contributed by atoms with E-state index in [-0.39, 0.29) is 11.9 Å². The third-order valence-corrected chi connectivity index (χ3v) is 3.61. The molecule has 1 aromatic carbocycles. The second-order valence-electron chi connectivity index (χ2n) is 4.33. The molecular weight excluding hydrogens is 287 g/mol. The number of hydrogen-bond acceptors (Lipinski definition) is 2. The zero-order valence-electron chi connectivity index (χ0n) is 9.41. The number of ether oxygens (including phenoxy) is 1. The van der Waals surface area contributed by atoms with Crippen LogP contribution in [0.15, 0.2) is 16.6 Å². The van der Waals surface area contributed by atoms with Crippen LogP contribution in [0.1, 0.15) is 18.2 Å². The minimum Gasteiger partial charge on any atom is -0.379 e. The van der Waals surface area contributed by atoms with Gasteiger partial charge in [0, 0.05) is 11.1 Å². The minimum atomic E-state index is -0.225. The lowest BCUT2D eigenvalue weighted by Crippen LogP contribution is -2.10. The molecule has 0 bridgehead atoms. The van der Waals surface area contributed by atoms with Crippen molar-refractivity contribution in [3.63, 3.8) is 0 Å². The number of hydrogen-bond donors (Lipinski definition) is 0. The van der Waals surface area contributed by atoms with Crippen LogP contribution < -0.4 is 0 Å². The van der Waals surface area contributed by atoms with Crippen molar-refractivity contribution in [2.75, 3.05) is 13.2 Å². The van der Waals surface area contributed by atoms with E-state index < -0.39 is 0 Å². The predicted molar refractivity (Wildman–Crippen MR) is 66.6 cm³/mol. The van der Waals surface area contributed by atoms with Gasteiger partial charge in [-0.2, -0.15) is 5.10 Å². The summed E-state index contributed by atoms with van der Waals surface area (Å²) in [6, 6.07) is 3.61. The number of rotatable bonds is 1. The number of nitrogens with zero attached hydrogens (tertiary/aromatic N) is 2. The quantitative estimate of drug-likeness (QED) is 0.808. The first-order valence-corrected chi connectivity index (χ1v) is 6.37. The molecule has 1 fully saturated rings. The van der Waals surface area contributed by atoms with Crippen molar-refractivity contribution in [1.29, 1.82) is 0 Å². The lowest BCUT2D eigenvalue weighted by atomic mass is 10.2. The van der Waals surface area contributed by atoms with E-state index in [2.05, 4.69) is 21.0 Å². The molecule has 2 aromatic rings. The normalized spacial score (nSPS) is 20.3. The highest BCUT2D eigenvalue weighted by Gasteiger charge is 2.22. The fourth-order valence-corrected chi connectivity index (χ4v) is 2.78. The van der Waals surface area contributed by atoms with Crippen molar-refractivity contribution >= 4 is 26.8 Å². The van der Waals surface area contributed by atoms with Crippen LogP contribution in [0, 0.1) is 12.7 Å². The van der Waals surface area contributed by atoms with Crippen molar-refractivity contribution < 1.29 is 9.13 Å². The van der Waals surface area contributed by atoms with Gasteiger partial charge in [0.2, 0.25) is 0 Å². The van der Waals surface area contributed by atoms with E-state index in [0.717, 1.165) is 28.7 Å². The van der Waals surface area contributed by atoms with Crippen molar-refractivity contribution in [3.05, 3.63) is 28.1 Å². The van der Waals surface area contributed by atoms with Crippen LogP contribution >= 0.6 is 15.9 Å². The molecule has 0 amide bonds. The number of fused-ring (bicyclic) bond motifs is 1.